The van der Waals surface area contributed by atoms with E-state index in [0.717, 1.165) is 17.5 Å². The standard InChI is InChI=1S/C25H28ClNO6S/c1-17(16-31-2)32-20-13-18(23-10-11-24(27-23)25(28)5-4-12-26)14-21(15-20)33-19-6-8-22(9-7-19)34(3,29)30/h6-11,13-15,17,27H,4-5,12,16H2,1-3H3/t17-/m0/s1. The number of carbonyl (C=O) groups is 1. The van der Waals surface area contributed by atoms with E-state index in [2.05, 4.69) is 4.98 Å². The number of sulfone groups is 1. The molecule has 0 aliphatic heterocycles. The van der Waals surface area contributed by atoms with Crippen molar-refractivity contribution in [3.63, 3.8) is 0 Å². The van der Waals surface area contributed by atoms with Crippen molar-refractivity contribution in [3.8, 4) is 28.5 Å². The van der Waals surface area contributed by atoms with Crippen LogP contribution in [0.2, 0.25) is 0 Å². The highest BCUT2D eigenvalue weighted by Crippen LogP contribution is 2.33. The molecule has 0 fully saturated rings. The number of hydrogen-bond acceptors (Lipinski definition) is 6. The van der Waals surface area contributed by atoms with Crippen LogP contribution in [0.1, 0.15) is 30.3 Å². The molecule has 3 aromatic rings. The number of hydrogen-bond donors (Lipinski definition) is 1. The Balaban J connectivity index is 1.91. The lowest BCUT2D eigenvalue weighted by Gasteiger charge is -2.16. The second-order valence-electron chi connectivity index (χ2n) is 7.92. The fourth-order valence-electron chi connectivity index (χ4n) is 3.33. The summed E-state index contributed by atoms with van der Waals surface area (Å²) < 4.78 is 40.6. The van der Waals surface area contributed by atoms with Crippen LogP contribution in [-0.2, 0) is 14.6 Å². The molecule has 0 bridgehead atoms. The van der Waals surface area contributed by atoms with Crippen molar-refractivity contribution in [2.24, 2.45) is 0 Å². The zero-order chi connectivity index (χ0) is 24.7. The third kappa shape index (κ3) is 7.09. The molecule has 34 heavy (non-hydrogen) atoms. The van der Waals surface area contributed by atoms with Crippen LogP contribution >= 0.6 is 11.6 Å². The Labute approximate surface area is 204 Å². The van der Waals surface area contributed by atoms with E-state index >= 15 is 0 Å². The van der Waals surface area contributed by atoms with Crippen molar-refractivity contribution in [2.75, 3.05) is 25.9 Å². The van der Waals surface area contributed by atoms with Gasteiger partial charge in [-0.25, -0.2) is 8.42 Å². The lowest BCUT2D eigenvalue weighted by atomic mass is 10.1. The van der Waals surface area contributed by atoms with Gasteiger partial charge < -0.3 is 19.2 Å². The normalized spacial score (nSPS) is 12.4. The minimum absolute atomic E-state index is 0.00420. The smallest absolute Gasteiger partial charge is 0.179 e. The SMILES string of the molecule is COC[C@H](C)Oc1cc(Oc2ccc(S(C)(=O)=O)cc2)cc(-c2ccc(C(=O)CCCCl)[nH]2)c1. The van der Waals surface area contributed by atoms with E-state index in [4.69, 9.17) is 25.8 Å². The molecule has 0 aliphatic rings. The van der Waals surface area contributed by atoms with E-state index in [9.17, 15) is 13.2 Å². The van der Waals surface area contributed by atoms with Crippen LogP contribution < -0.4 is 9.47 Å². The summed E-state index contributed by atoms with van der Waals surface area (Å²) in [6.45, 7) is 2.30. The van der Waals surface area contributed by atoms with Crippen LogP contribution in [0.4, 0.5) is 0 Å². The Kier molecular flexibility index (Phi) is 8.77. The maximum atomic E-state index is 12.3. The molecule has 0 unspecified atom stereocenters. The molecule has 1 atom stereocenters. The van der Waals surface area contributed by atoms with Gasteiger partial charge in [0.2, 0.25) is 0 Å². The maximum Gasteiger partial charge on any atom is 0.179 e. The van der Waals surface area contributed by atoms with Crippen molar-refractivity contribution in [1.29, 1.82) is 0 Å². The lowest BCUT2D eigenvalue weighted by molar-refractivity contribution is 0.0920. The Hall–Kier alpha value is -2.81. The summed E-state index contributed by atoms with van der Waals surface area (Å²) in [5.41, 5.74) is 2.01. The molecule has 7 nitrogen and oxygen atoms in total. The molecule has 1 heterocycles. The van der Waals surface area contributed by atoms with Crippen molar-refractivity contribution < 1.29 is 27.4 Å². The zero-order valence-electron chi connectivity index (χ0n) is 19.3. The molecule has 1 aromatic heterocycles. The van der Waals surface area contributed by atoms with Gasteiger partial charge in [-0.2, -0.15) is 0 Å². The molecule has 3 rings (SSSR count). The monoisotopic (exact) mass is 505 g/mol. The average molecular weight is 506 g/mol. The number of ether oxygens (including phenoxy) is 3. The van der Waals surface area contributed by atoms with E-state index in [-0.39, 0.29) is 16.8 Å². The van der Waals surface area contributed by atoms with E-state index in [0.29, 0.717) is 48.3 Å². The van der Waals surface area contributed by atoms with Gasteiger partial charge in [0.25, 0.3) is 0 Å². The molecule has 1 N–H and O–H groups in total. The molecule has 0 spiro atoms. The largest absolute Gasteiger partial charge is 0.488 e. The Morgan fingerprint density at radius 1 is 1.03 bits per heavy atom. The van der Waals surface area contributed by atoms with Gasteiger partial charge in [0.05, 0.1) is 17.2 Å². The highest BCUT2D eigenvalue weighted by molar-refractivity contribution is 7.90. The second kappa shape index (κ2) is 11.6. The number of benzene rings is 2. The number of halogens is 1. The first-order valence-corrected chi connectivity index (χ1v) is 13.2. The molecule has 0 amide bonds. The van der Waals surface area contributed by atoms with E-state index < -0.39 is 9.84 Å². The number of carbonyl (C=O) groups excluding carboxylic acids is 1. The first kappa shape index (κ1) is 25.8. The second-order valence-corrected chi connectivity index (χ2v) is 10.3. The maximum absolute atomic E-state index is 12.3. The molecule has 9 heteroatoms. The molecule has 0 radical (unpaired) electrons. The third-order valence-electron chi connectivity index (χ3n) is 4.94. The summed E-state index contributed by atoms with van der Waals surface area (Å²) in [6, 6.07) is 15.2. The van der Waals surface area contributed by atoms with Gasteiger partial charge >= 0.3 is 0 Å². The predicted octanol–water partition coefficient (Wildman–Crippen LogP) is 5.49. The quantitative estimate of drug-likeness (QED) is 0.258. The van der Waals surface area contributed by atoms with Crippen molar-refractivity contribution >= 4 is 27.2 Å². The van der Waals surface area contributed by atoms with Crippen LogP contribution in [0, 0.1) is 0 Å². The topological polar surface area (TPSA) is 94.7 Å². The first-order valence-electron chi connectivity index (χ1n) is 10.8. The van der Waals surface area contributed by atoms with Crippen LogP contribution in [0.15, 0.2) is 59.5 Å². The number of rotatable bonds is 12. The van der Waals surface area contributed by atoms with Crippen molar-refractivity contribution in [1.82, 2.24) is 4.98 Å². The summed E-state index contributed by atoms with van der Waals surface area (Å²) >= 11 is 5.70. The summed E-state index contributed by atoms with van der Waals surface area (Å²) in [7, 11) is -1.69. The molecule has 0 aliphatic carbocycles. The fraction of sp³-hybridized carbons (Fsp3) is 0.320. The Bertz CT molecular complexity index is 1220. The Morgan fingerprint density at radius 2 is 1.74 bits per heavy atom. The summed E-state index contributed by atoms with van der Waals surface area (Å²) in [5, 5.41) is 0. The van der Waals surface area contributed by atoms with Crippen LogP contribution in [0.5, 0.6) is 17.2 Å². The Morgan fingerprint density at radius 3 is 2.38 bits per heavy atom. The van der Waals surface area contributed by atoms with E-state index in [1.807, 2.05) is 25.1 Å². The third-order valence-corrected chi connectivity index (χ3v) is 6.34. The molecule has 2 aromatic carbocycles. The summed E-state index contributed by atoms with van der Waals surface area (Å²) in [6.07, 6.45) is 1.95. The van der Waals surface area contributed by atoms with Crippen LogP contribution in [-0.4, -0.2) is 51.1 Å². The number of aromatic nitrogens is 1. The van der Waals surface area contributed by atoms with Gasteiger partial charge in [-0.15, -0.1) is 11.6 Å². The lowest BCUT2D eigenvalue weighted by Crippen LogP contribution is -2.17. The first-order chi connectivity index (χ1) is 16.2. The number of Topliss-reactive ketones (excluding diaryl/α,β-unsaturated/α-hetero) is 1. The minimum Gasteiger partial charge on any atom is -0.488 e. The molecular formula is C25H28ClNO6S. The molecular weight excluding hydrogens is 478 g/mol. The van der Waals surface area contributed by atoms with Crippen molar-refractivity contribution in [3.05, 3.63) is 60.3 Å². The van der Waals surface area contributed by atoms with Gasteiger partial charge in [-0.05, 0) is 61.9 Å². The number of alkyl halides is 1. The summed E-state index contributed by atoms with van der Waals surface area (Å²) in [4.78, 5) is 15.7. The number of H-pyrrole nitrogens is 1. The van der Waals surface area contributed by atoms with Gasteiger partial charge in [0.15, 0.2) is 15.6 Å². The summed E-state index contributed by atoms with van der Waals surface area (Å²) in [5.74, 6) is 1.96. The van der Waals surface area contributed by atoms with E-state index in [1.165, 1.54) is 12.1 Å². The zero-order valence-corrected chi connectivity index (χ0v) is 20.9. The van der Waals surface area contributed by atoms with Gasteiger partial charge in [-0.1, -0.05) is 0 Å². The van der Waals surface area contributed by atoms with Crippen LogP contribution in [0.25, 0.3) is 11.3 Å². The number of methoxy groups -OCH3 is 1. The van der Waals surface area contributed by atoms with Gasteiger partial charge in [-0.3, -0.25) is 4.79 Å². The highest BCUT2D eigenvalue weighted by atomic mass is 35.5. The van der Waals surface area contributed by atoms with Gasteiger partial charge in [0, 0.05) is 43.0 Å². The van der Waals surface area contributed by atoms with Crippen molar-refractivity contribution in [2.45, 2.75) is 30.8 Å². The van der Waals surface area contributed by atoms with E-state index in [1.54, 1.807) is 31.4 Å². The average Bonchev–Trinajstić information content (AvgIpc) is 3.28. The fourth-order valence-corrected chi connectivity index (χ4v) is 4.10. The molecule has 182 valence electrons. The minimum atomic E-state index is -3.30. The number of ketones is 1. The molecule has 0 saturated heterocycles. The van der Waals surface area contributed by atoms with Gasteiger partial charge in [0.1, 0.15) is 23.4 Å². The molecule has 0 saturated carbocycles. The number of nitrogens with one attached hydrogen (secondary N) is 1. The predicted molar refractivity (Wildman–Crippen MR) is 132 cm³/mol. The number of aromatic amines is 1. The van der Waals surface area contributed by atoms with Crippen LogP contribution in [0.3, 0.4) is 0 Å². The highest BCUT2D eigenvalue weighted by Gasteiger charge is 2.14.